The highest BCUT2D eigenvalue weighted by Gasteiger charge is 2.29. The Morgan fingerprint density at radius 2 is 0.738 bits per heavy atom. The lowest BCUT2D eigenvalue weighted by Crippen LogP contribution is -2.15. The number of hydrogen-bond donors (Lipinski definition) is 0. The molecule has 12 aromatic rings. The molecule has 0 spiro atoms. The Kier molecular flexibility index (Phi) is 7.82. The van der Waals surface area contributed by atoms with Crippen LogP contribution in [-0.2, 0) is 0 Å². The second-order valence-corrected chi connectivity index (χ2v) is 17.9. The van der Waals surface area contributed by atoms with Gasteiger partial charge in [-0.2, -0.15) is 0 Å². The predicted octanol–water partition coefficient (Wildman–Crippen LogP) is 18.0. The number of fused-ring (bicyclic) bond motifs is 10. The van der Waals surface area contributed by atoms with Gasteiger partial charge in [-0.1, -0.05) is 121 Å². The number of para-hydroxylation sites is 8. The van der Waals surface area contributed by atoms with E-state index in [-0.39, 0.29) is 0 Å². The van der Waals surface area contributed by atoms with E-state index in [0.717, 1.165) is 57.1 Å². The first-order valence-electron chi connectivity index (χ1n) is 22.0. The first-order chi connectivity index (χ1) is 32.2. The van der Waals surface area contributed by atoms with Gasteiger partial charge in [0.15, 0.2) is 23.0 Å². The molecule has 0 N–H and O–H groups in total. The fraction of sp³-hybridized carbons (Fsp3) is 0. The van der Waals surface area contributed by atoms with Crippen molar-refractivity contribution in [2.75, 3.05) is 9.80 Å². The van der Waals surface area contributed by atoms with Gasteiger partial charge >= 0.3 is 0 Å². The number of rotatable bonds is 4. The molecule has 3 heterocycles. The fourth-order valence-corrected chi connectivity index (χ4v) is 11.4. The summed E-state index contributed by atoms with van der Waals surface area (Å²) in [7, 11) is 0. The van der Waals surface area contributed by atoms with Crippen molar-refractivity contribution in [3.63, 3.8) is 0 Å². The van der Waals surface area contributed by atoms with Gasteiger partial charge in [-0.3, -0.25) is 0 Å². The van der Waals surface area contributed by atoms with Gasteiger partial charge in [0.1, 0.15) is 0 Å². The van der Waals surface area contributed by atoms with Gasteiger partial charge in [0.25, 0.3) is 0 Å². The molecule has 65 heavy (non-hydrogen) atoms. The van der Waals surface area contributed by atoms with Crippen LogP contribution in [0.4, 0.5) is 34.1 Å². The minimum Gasteiger partial charge on any atom is -0.453 e. The number of anilines is 6. The lowest BCUT2D eigenvalue weighted by Gasteiger charge is -2.33. The molecule has 2 aliphatic heterocycles. The van der Waals surface area contributed by atoms with E-state index in [1.165, 1.54) is 74.7 Å². The normalized spacial score (nSPS) is 12.8. The average molecular weight is 849 g/mol. The van der Waals surface area contributed by atoms with Crippen LogP contribution in [0.25, 0.3) is 74.7 Å². The van der Waals surface area contributed by atoms with Crippen LogP contribution in [-0.4, -0.2) is 0 Å². The van der Waals surface area contributed by atoms with Gasteiger partial charge in [-0.15, -0.1) is 11.3 Å². The third kappa shape index (κ3) is 5.56. The molecule has 0 unspecified atom stereocenters. The summed E-state index contributed by atoms with van der Waals surface area (Å²) in [4.78, 5) is 4.70. The minimum absolute atomic E-state index is 0.829. The van der Waals surface area contributed by atoms with E-state index >= 15 is 0 Å². The van der Waals surface area contributed by atoms with Crippen LogP contribution in [0.1, 0.15) is 0 Å². The summed E-state index contributed by atoms with van der Waals surface area (Å²) in [6.45, 7) is 0. The highest BCUT2D eigenvalue weighted by Crippen LogP contribution is 2.55. The molecule has 1 aromatic heterocycles. The van der Waals surface area contributed by atoms with E-state index in [4.69, 9.17) is 9.47 Å². The predicted molar refractivity (Wildman–Crippen MR) is 272 cm³/mol. The largest absolute Gasteiger partial charge is 0.453 e. The summed E-state index contributed by atoms with van der Waals surface area (Å²) >= 11 is 1.85. The molecular weight excluding hydrogens is 813 g/mol. The highest BCUT2D eigenvalue weighted by atomic mass is 32.1. The lowest BCUT2D eigenvalue weighted by atomic mass is 9.84. The van der Waals surface area contributed by atoms with Gasteiger partial charge in [-0.25, -0.2) is 0 Å². The van der Waals surface area contributed by atoms with Crippen molar-refractivity contribution in [2.24, 2.45) is 0 Å². The van der Waals surface area contributed by atoms with Gasteiger partial charge in [0.2, 0.25) is 0 Å². The highest BCUT2D eigenvalue weighted by molar-refractivity contribution is 7.25. The zero-order valence-corrected chi connectivity index (χ0v) is 35.7. The third-order valence-corrected chi connectivity index (χ3v) is 14.3. The molecule has 4 nitrogen and oxygen atoms in total. The summed E-state index contributed by atoms with van der Waals surface area (Å²) in [5.41, 5.74) is 10.9. The Hall–Kier alpha value is -8.38. The molecule has 0 atom stereocenters. The van der Waals surface area contributed by atoms with Gasteiger partial charge in [0, 0.05) is 31.5 Å². The van der Waals surface area contributed by atoms with E-state index in [2.05, 4.69) is 204 Å². The van der Waals surface area contributed by atoms with Crippen LogP contribution in [0.3, 0.4) is 0 Å². The number of thiophene rings is 1. The van der Waals surface area contributed by atoms with Crippen LogP contribution in [0.5, 0.6) is 23.0 Å². The Morgan fingerprint density at radius 3 is 1.31 bits per heavy atom. The van der Waals surface area contributed by atoms with E-state index in [1.54, 1.807) is 0 Å². The van der Waals surface area contributed by atoms with Crippen molar-refractivity contribution >= 4 is 98.0 Å². The van der Waals surface area contributed by atoms with Crippen molar-refractivity contribution in [2.45, 2.75) is 0 Å². The zero-order chi connectivity index (χ0) is 42.6. The number of nitrogens with zero attached hydrogens (tertiary/aromatic N) is 2. The minimum atomic E-state index is 0.829. The first-order valence-corrected chi connectivity index (χ1v) is 22.8. The van der Waals surface area contributed by atoms with E-state index < -0.39 is 0 Å². The fourth-order valence-electron chi connectivity index (χ4n) is 10.3. The molecule has 0 bridgehead atoms. The summed E-state index contributed by atoms with van der Waals surface area (Å²) in [6, 6.07) is 78.8. The molecule has 5 heteroatoms. The standard InChI is InChI=1S/C60H36N2O2S/c1-2-14-38-33-39(26-25-37(38)13-1)59-44-30-28-42(62-51-18-6-10-22-55(51)64-56-23-11-7-19-52(56)62)36-48(44)60(40-27-32-58-46(34-40)43-15-3-12-24-57(43)65-58)45-31-29-41(35-47(45)59)61-49-16-4-8-20-53(49)63-54-21-9-5-17-50(54)61/h1-36H. The second kappa shape index (κ2) is 14.1. The molecule has 11 aromatic carbocycles. The zero-order valence-electron chi connectivity index (χ0n) is 34.9. The van der Waals surface area contributed by atoms with Gasteiger partial charge in [0.05, 0.1) is 22.7 Å². The Labute approximate surface area is 379 Å². The molecule has 0 fully saturated rings. The smallest absolute Gasteiger partial charge is 0.151 e. The maximum atomic E-state index is 6.50. The van der Waals surface area contributed by atoms with Crippen LogP contribution in [0.15, 0.2) is 218 Å². The first kappa shape index (κ1) is 36.1. The van der Waals surface area contributed by atoms with Crippen LogP contribution in [0, 0.1) is 0 Å². The van der Waals surface area contributed by atoms with Gasteiger partial charge in [-0.05, 0) is 152 Å². The summed E-state index contributed by atoms with van der Waals surface area (Å²) in [6.07, 6.45) is 0. The SMILES string of the molecule is c1ccc2c(c1)Oc1ccccc1N2c1ccc2c(-c3ccc4sc5ccccc5c4c3)c3cc(N4c5ccccc5Oc5ccccc54)ccc3c(-c3ccc4ccccc4c3)c2c1. The van der Waals surface area contributed by atoms with Crippen LogP contribution in [0.2, 0.25) is 0 Å². The Bertz CT molecular complexity index is 3850. The van der Waals surface area contributed by atoms with Crippen molar-refractivity contribution in [3.8, 4) is 45.3 Å². The van der Waals surface area contributed by atoms with Crippen molar-refractivity contribution in [1.82, 2.24) is 0 Å². The van der Waals surface area contributed by atoms with Crippen molar-refractivity contribution in [3.05, 3.63) is 218 Å². The van der Waals surface area contributed by atoms with E-state index in [9.17, 15) is 0 Å². The topological polar surface area (TPSA) is 24.9 Å². The Balaban J connectivity index is 1.11. The number of ether oxygens (including phenoxy) is 2. The summed E-state index contributed by atoms with van der Waals surface area (Å²) in [5, 5.41) is 9.68. The molecule has 2 aliphatic rings. The quantitative estimate of drug-likeness (QED) is 0.165. The number of hydrogen-bond acceptors (Lipinski definition) is 5. The second-order valence-electron chi connectivity index (χ2n) is 16.8. The lowest BCUT2D eigenvalue weighted by molar-refractivity contribution is 0.477. The molecule has 0 aliphatic carbocycles. The summed E-state index contributed by atoms with van der Waals surface area (Å²) in [5.74, 6) is 3.32. The van der Waals surface area contributed by atoms with Crippen molar-refractivity contribution < 1.29 is 9.47 Å². The van der Waals surface area contributed by atoms with Gasteiger partial charge < -0.3 is 19.3 Å². The van der Waals surface area contributed by atoms with Crippen molar-refractivity contribution in [1.29, 1.82) is 0 Å². The Morgan fingerprint density at radius 1 is 0.292 bits per heavy atom. The molecule has 0 saturated heterocycles. The monoisotopic (exact) mass is 848 g/mol. The average Bonchev–Trinajstić information content (AvgIpc) is 3.74. The molecule has 0 radical (unpaired) electrons. The maximum Gasteiger partial charge on any atom is 0.151 e. The molecular formula is C60H36N2O2S. The maximum absolute atomic E-state index is 6.50. The third-order valence-electron chi connectivity index (χ3n) is 13.2. The van der Waals surface area contributed by atoms with E-state index in [1.807, 2.05) is 35.6 Å². The van der Waals surface area contributed by atoms with Crippen LogP contribution < -0.4 is 19.3 Å². The molecule has 14 rings (SSSR count). The molecule has 0 amide bonds. The molecule has 0 saturated carbocycles. The number of benzene rings is 11. The van der Waals surface area contributed by atoms with E-state index in [0.29, 0.717) is 0 Å². The van der Waals surface area contributed by atoms with Crippen LogP contribution >= 0.6 is 11.3 Å². The molecule has 304 valence electrons. The summed E-state index contributed by atoms with van der Waals surface area (Å²) < 4.78 is 15.6.